The molecule has 1 aromatic heterocycles. The molecule has 2 aliphatic rings. The van der Waals surface area contributed by atoms with Crippen LogP contribution < -0.4 is 10.6 Å². The molecule has 1 fully saturated rings. The van der Waals surface area contributed by atoms with Gasteiger partial charge >= 0.3 is 0 Å². The zero-order chi connectivity index (χ0) is 15.7. The largest absolute Gasteiger partial charge is 0.349 e. The predicted molar refractivity (Wildman–Crippen MR) is 82.8 cm³/mol. The maximum atomic E-state index is 12.4. The van der Waals surface area contributed by atoms with Crippen molar-refractivity contribution in [3.63, 3.8) is 0 Å². The molecule has 0 spiro atoms. The predicted octanol–water partition coefficient (Wildman–Crippen LogP) is 1.50. The average molecular weight is 304 g/mol. The monoisotopic (exact) mass is 304 g/mol. The van der Waals surface area contributed by atoms with Gasteiger partial charge in [-0.3, -0.25) is 9.59 Å². The molecule has 1 saturated carbocycles. The molecule has 0 unspecified atom stereocenters. The van der Waals surface area contributed by atoms with Crippen molar-refractivity contribution < 1.29 is 9.59 Å². The molecule has 120 valence electrons. The van der Waals surface area contributed by atoms with Crippen LogP contribution in [0.15, 0.2) is 0 Å². The third kappa shape index (κ3) is 3.15. The molecule has 0 saturated heterocycles. The molecule has 1 aliphatic heterocycles. The first-order chi connectivity index (χ1) is 10.6. The van der Waals surface area contributed by atoms with Crippen molar-refractivity contribution in [1.29, 1.82) is 0 Å². The molecule has 0 bridgehead atoms. The van der Waals surface area contributed by atoms with Crippen LogP contribution in [0.3, 0.4) is 0 Å². The van der Waals surface area contributed by atoms with Crippen molar-refractivity contribution in [2.75, 3.05) is 6.54 Å². The van der Waals surface area contributed by atoms with E-state index in [1.807, 2.05) is 4.57 Å². The van der Waals surface area contributed by atoms with Crippen LogP contribution in [0.4, 0.5) is 0 Å². The molecule has 0 radical (unpaired) electrons. The van der Waals surface area contributed by atoms with Crippen LogP contribution in [0.5, 0.6) is 0 Å². The van der Waals surface area contributed by atoms with Crippen molar-refractivity contribution in [2.45, 2.75) is 58.5 Å². The summed E-state index contributed by atoms with van der Waals surface area (Å²) in [5.41, 5.74) is 1.36. The average Bonchev–Trinajstić information content (AvgIpc) is 3.22. The number of imidazole rings is 1. The minimum absolute atomic E-state index is 0.129. The fraction of sp³-hybridized carbons (Fsp3) is 0.688. The summed E-state index contributed by atoms with van der Waals surface area (Å²) in [5, 5.41) is 5.88. The molecule has 1 aliphatic carbocycles. The quantitative estimate of drug-likeness (QED) is 0.865. The molecule has 2 amide bonds. The van der Waals surface area contributed by atoms with Crippen molar-refractivity contribution >= 4 is 11.8 Å². The molecule has 2 N–H and O–H groups in total. The summed E-state index contributed by atoms with van der Waals surface area (Å²) in [4.78, 5) is 29.1. The van der Waals surface area contributed by atoms with Crippen LogP contribution >= 0.6 is 0 Å². The van der Waals surface area contributed by atoms with Gasteiger partial charge in [0.1, 0.15) is 5.69 Å². The van der Waals surface area contributed by atoms with Crippen molar-refractivity contribution in [3.05, 3.63) is 17.2 Å². The molecule has 6 heteroatoms. The van der Waals surface area contributed by atoms with Gasteiger partial charge in [-0.1, -0.05) is 13.8 Å². The number of carbonyl (C=O) groups excluding carboxylic acids is 2. The van der Waals surface area contributed by atoms with E-state index in [-0.39, 0.29) is 11.8 Å². The first-order valence-corrected chi connectivity index (χ1v) is 8.24. The Bertz CT molecular complexity index is 587. The molecular weight excluding hydrogens is 280 g/mol. The first kappa shape index (κ1) is 15.1. The Morgan fingerprint density at radius 1 is 1.27 bits per heavy atom. The molecule has 0 aromatic carbocycles. The van der Waals surface area contributed by atoms with E-state index in [1.54, 1.807) is 0 Å². The summed E-state index contributed by atoms with van der Waals surface area (Å²) >= 11 is 0. The Morgan fingerprint density at radius 3 is 2.73 bits per heavy atom. The first-order valence-electron chi connectivity index (χ1n) is 8.24. The lowest BCUT2D eigenvalue weighted by molar-refractivity contribution is 0.0933. The van der Waals surface area contributed by atoms with Gasteiger partial charge in [0.2, 0.25) is 0 Å². The molecule has 2 heterocycles. The minimum atomic E-state index is -0.178. The van der Waals surface area contributed by atoms with Gasteiger partial charge in [0, 0.05) is 19.1 Å². The molecule has 3 rings (SSSR count). The number of aromatic nitrogens is 2. The fourth-order valence-electron chi connectivity index (χ4n) is 2.76. The summed E-state index contributed by atoms with van der Waals surface area (Å²) in [6, 6.07) is 0.298. The SMILES string of the molecule is CC(C)CNC(=O)c1nc(C(=O)NC2CC2)c2n1CCCC2. The van der Waals surface area contributed by atoms with E-state index >= 15 is 0 Å². The lowest BCUT2D eigenvalue weighted by Crippen LogP contribution is -2.30. The van der Waals surface area contributed by atoms with Crippen molar-refractivity contribution in [2.24, 2.45) is 5.92 Å². The third-order valence-electron chi connectivity index (χ3n) is 4.12. The van der Waals surface area contributed by atoms with Gasteiger partial charge in [0.25, 0.3) is 11.8 Å². The lowest BCUT2D eigenvalue weighted by atomic mass is 10.1. The lowest BCUT2D eigenvalue weighted by Gasteiger charge is -2.17. The fourth-order valence-corrected chi connectivity index (χ4v) is 2.76. The Kier molecular flexibility index (Phi) is 4.18. The van der Waals surface area contributed by atoms with Gasteiger partial charge in [-0.25, -0.2) is 4.98 Å². The number of carbonyl (C=O) groups is 2. The number of nitrogens with zero attached hydrogens (tertiary/aromatic N) is 2. The zero-order valence-corrected chi connectivity index (χ0v) is 13.3. The zero-order valence-electron chi connectivity index (χ0n) is 13.3. The number of fused-ring (bicyclic) bond motifs is 1. The summed E-state index contributed by atoms with van der Waals surface area (Å²) in [7, 11) is 0. The molecule has 1 aromatic rings. The molecule has 6 nitrogen and oxygen atoms in total. The Balaban J connectivity index is 1.84. The molecule has 0 atom stereocenters. The normalized spacial score (nSPS) is 17.2. The van der Waals surface area contributed by atoms with E-state index in [1.165, 1.54) is 0 Å². The van der Waals surface area contributed by atoms with Crippen LogP contribution in [0.1, 0.15) is 66.3 Å². The van der Waals surface area contributed by atoms with Gasteiger partial charge in [0.05, 0.1) is 5.69 Å². The van der Waals surface area contributed by atoms with Gasteiger partial charge in [-0.15, -0.1) is 0 Å². The summed E-state index contributed by atoms with van der Waals surface area (Å²) in [6.07, 6.45) is 4.98. The van der Waals surface area contributed by atoms with E-state index < -0.39 is 0 Å². The summed E-state index contributed by atoms with van der Waals surface area (Å²) in [5.74, 6) is 0.465. The van der Waals surface area contributed by atoms with Crippen LogP contribution in [-0.2, 0) is 13.0 Å². The molecule has 22 heavy (non-hydrogen) atoms. The number of nitrogens with one attached hydrogen (secondary N) is 2. The highest BCUT2D eigenvalue weighted by Gasteiger charge is 2.30. The Morgan fingerprint density at radius 2 is 2.05 bits per heavy atom. The van der Waals surface area contributed by atoms with Crippen LogP contribution in [0.2, 0.25) is 0 Å². The highest BCUT2D eigenvalue weighted by molar-refractivity contribution is 5.97. The van der Waals surface area contributed by atoms with Crippen molar-refractivity contribution in [3.8, 4) is 0 Å². The third-order valence-corrected chi connectivity index (χ3v) is 4.12. The highest BCUT2D eigenvalue weighted by Crippen LogP contribution is 2.23. The Hall–Kier alpha value is -1.85. The van der Waals surface area contributed by atoms with Crippen molar-refractivity contribution in [1.82, 2.24) is 20.2 Å². The van der Waals surface area contributed by atoms with E-state index in [4.69, 9.17) is 0 Å². The van der Waals surface area contributed by atoms with Crippen LogP contribution in [0.25, 0.3) is 0 Å². The smallest absolute Gasteiger partial charge is 0.287 e. The summed E-state index contributed by atoms with van der Waals surface area (Å²) in [6.45, 7) is 5.49. The topological polar surface area (TPSA) is 76.0 Å². The second-order valence-corrected chi connectivity index (χ2v) is 6.69. The standard InChI is InChI=1S/C16H24N4O2/c1-10(2)9-17-16(22)14-19-13(15(21)18-11-6-7-11)12-5-3-4-8-20(12)14/h10-11H,3-9H2,1-2H3,(H,17,22)(H,18,21). The summed E-state index contributed by atoms with van der Waals surface area (Å²) < 4.78 is 1.93. The highest BCUT2D eigenvalue weighted by atomic mass is 16.2. The second kappa shape index (κ2) is 6.10. The van der Waals surface area contributed by atoms with E-state index in [0.717, 1.165) is 44.3 Å². The van der Waals surface area contributed by atoms with E-state index in [0.29, 0.717) is 30.0 Å². The number of hydrogen-bond acceptors (Lipinski definition) is 3. The number of rotatable bonds is 5. The number of hydrogen-bond donors (Lipinski definition) is 2. The van der Waals surface area contributed by atoms with Gasteiger partial charge in [0.15, 0.2) is 5.82 Å². The Labute approximate surface area is 130 Å². The minimum Gasteiger partial charge on any atom is -0.349 e. The van der Waals surface area contributed by atoms with Gasteiger partial charge in [-0.05, 0) is 38.0 Å². The number of amides is 2. The second-order valence-electron chi connectivity index (χ2n) is 6.69. The van der Waals surface area contributed by atoms with E-state index in [2.05, 4.69) is 29.5 Å². The maximum absolute atomic E-state index is 12.4. The van der Waals surface area contributed by atoms with Crippen LogP contribution in [-0.4, -0.2) is 34.0 Å². The van der Waals surface area contributed by atoms with Gasteiger partial charge in [-0.2, -0.15) is 0 Å². The molecular formula is C16H24N4O2. The van der Waals surface area contributed by atoms with E-state index in [9.17, 15) is 9.59 Å². The van der Waals surface area contributed by atoms with Crippen LogP contribution in [0, 0.1) is 5.92 Å². The maximum Gasteiger partial charge on any atom is 0.287 e. The van der Waals surface area contributed by atoms with Gasteiger partial charge < -0.3 is 15.2 Å².